The first-order valence-electron chi connectivity index (χ1n) is 7.07. The first-order valence-corrected chi connectivity index (χ1v) is 8.99. The molecule has 2 aromatic carbocycles. The highest BCUT2D eigenvalue weighted by molar-refractivity contribution is 7.92. The van der Waals surface area contributed by atoms with Gasteiger partial charge in [-0.2, -0.15) is 5.26 Å². The zero-order valence-corrected chi connectivity index (χ0v) is 14.0. The van der Waals surface area contributed by atoms with Crippen molar-refractivity contribution in [3.63, 3.8) is 0 Å². The van der Waals surface area contributed by atoms with Gasteiger partial charge in [-0.15, -0.1) is 0 Å². The molecule has 0 radical (unpaired) electrons. The molecule has 0 spiro atoms. The molecule has 1 aliphatic carbocycles. The normalized spacial score (nSPS) is 26.5. The van der Waals surface area contributed by atoms with Crippen LogP contribution in [0.25, 0.3) is 0 Å². The maximum absolute atomic E-state index is 12.9. The molecular formula is C17H15ClN2O2S. The monoisotopic (exact) mass is 346 g/mol. The summed E-state index contributed by atoms with van der Waals surface area (Å²) in [6.07, 6.45) is 0. The highest BCUT2D eigenvalue weighted by Gasteiger charge is 2.70. The Kier molecular flexibility index (Phi) is 3.72. The third-order valence-electron chi connectivity index (χ3n) is 4.26. The molecule has 3 atom stereocenters. The molecule has 118 valence electrons. The predicted molar refractivity (Wildman–Crippen MR) is 88.9 cm³/mol. The lowest BCUT2D eigenvalue weighted by Gasteiger charge is -2.05. The summed E-state index contributed by atoms with van der Waals surface area (Å²) in [5, 5.41) is 8.93. The Balaban J connectivity index is 2.05. The zero-order valence-electron chi connectivity index (χ0n) is 12.4. The van der Waals surface area contributed by atoms with Crippen LogP contribution < -0.4 is 5.73 Å². The van der Waals surface area contributed by atoms with Gasteiger partial charge in [0, 0.05) is 10.9 Å². The minimum atomic E-state index is -3.70. The third-order valence-corrected chi connectivity index (χ3v) is 6.76. The molecule has 1 saturated carbocycles. The van der Waals surface area contributed by atoms with Crippen molar-refractivity contribution >= 4 is 21.4 Å². The number of hydrogen-bond acceptors (Lipinski definition) is 4. The van der Waals surface area contributed by atoms with E-state index in [1.165, 1.54) is 0 Å². The Hall–Kier alpha value is -1.87. The fraction of sp³-hybridized carbons (Fsp3) is 0.235. The largest absolute Gasteiger partial charge is 0.312 e. The van der Waals surface area contributed by atoms with Crippen LogP contribution in [-0.4, -0.2) is 19.2 Å². The average Bonchev–Trinajstić information content (AvgIpc) is 3.15. The quantitative estimate of drug-likeness (QED) is 0.926. The van der Waals surface area contributed by atoms with Crippen LogP contribution in [0.5, 0.6) is 0 Å². The topological polar surface area (TPSA) is 83.9 Å². The lowest BCUT2D eigenvalue weighted by molar-refractivity contribution is 0.592. The highest BCUT2D eigenvalue weighted by Crippen LogP contribution is 2.55. The second kappa shape index (κ2) is 5.34. The van der Waals surface area contributed by atoms with Crippen molar-refractivity contribution in [1.29, 1.82) is 5.26 Å². The maximum atomic E-state index is 12.9. The molecule has 4 nitrogen and oxygen atoms in total. The molecule has 0 amide bonds. The number of halogens is 1. The smallest absolute Gasteiger partial charge is 0.184 e. The van der Waals surface area contributed by atoms with Crippen LogP contribution in [0.3, 0.4) is 0 Å². The number of rotatable bonds is 3. The molecule has 23 heavy (non-hydrogen) atoms. The van der Waals surface area contributed by atoms with Crippen molar-refractivity contribution in [3.8, 4) is 6.07 Å². The van der Waals surface area contributed by atoms with E-state index in [1.54, 1.807) is 48.5 Å². The van der Waals surface area contributed by atoms with E-state index in [1.807, 2.05) is 13.0 Å². The molecule has 0 saturated heterocycles. The molecular weight excluding hydrogens is 332 g/mol. The van der Waals surface area contributed by atoms with Crippen LogP contribution in [0.15, 0.2) is 53.4 Å². The molecule has 0 aliphatic heterocycles. The maximum Gasteiger partial charge on any atom is 0.184 e. The fourth-order valence-electron chi connectivity index (χ4n) is 2.97. The number of benzene rings is 2. The van der Waals surface area contributed by atoms with E-state index < -0.39 is 26.5 Å². The van der Waals surface area contributed by atoms with E-state index in [4.69, 9.17) is 17.3 Å². The summed E-state index contributed by atoms with van der Waals surface area (Å²) >= 11 is 5.98. The first-order chi connectivity index (χ1) is 10.8. The summed E-state index contributed by atoms with van der Waals surface area (Å²) in [7, 11) is -3.70. The number of sulfone groups is 1. The van der Waals surface area contributed by atoms with Gasteiger partial charge in [0.15, 0.2) is 9.84 Å². The highest BCUT2D eigenvalue weighted by atomic mass is 35.5. The lowest BCUT2D eigenvalue weighted by atomic mass is 10.1. The minimum absolute atomic E-state index is 0.183. The summed E-state index contributed by atoms with van der Waals surface area (Å²) in [6, 6.07) is 15.4. The minimum Gasteiger partial charge on any atom is -0.312 e. The van der Waals surface area contributed by atoms with Crippen molar-refractivity contribution in [2.45, 2.75) is 28.5 Å². The second-order valence-corrected chi connectivity index (χ2v) is 8.36. The van der Waals surface area contributed by atoms with Crippen molar-refractivity contribution in [1.82, 2.24) is 0 Å². The summed E-state index contributed by atoms with van der Waals surface area (Å²) in [4.78, 5) is 0.183. The van der Waals surface area contributed by atoms with Crippen molar-refractivity contribution in [3.05, 3.63) is 64.7 Å². The number of nitriles is 1. The van der Waals surface area contributed by atoms with Crippen LogP contribution in [0.2, 0.25) is 5.02 Å². The van der Waals surface area contributed by atoms with Crippen LogP contribution >= 0.6 is 11.6 Å². The number of hydrogen-bond donors (Lipinski definition) is 1. The molecule has 2 aromatic rings. The first kappa shape index (κ1) is 16.0. The molecule has 0 aromatic heterocycles. The third kappa shape index (κ3) is 2.53. The van der Waals surface area contributed by atoms with E-state index in [9.17, 15) is 13.7 Å². The molecule has 0 heterocycles. The van der Waals surface area contributed by atoms with Gasteiger partial charge in [-0.1, -0.05) is 41.4 Å². The Morgan fingerprint density at radius 2 is 1.87 bits per heavy atom. The van der Waals surface area contributed by atoms with Crippen LogP contribution in [0.1, 0.15) is 17.0 Å². The molecule has 0 bridgehead atoms. The summed E-state index contributed by atoms with van der Waals surface area (Å²) in [6.45, 7) is 1.88. The molecule has 2 N–H and O–H groups in total. The zero-order chi connectivity index (χ0) is 16.8. The number of nitrogens with two attached hydrogens (primary N) is 1. The second-order valence-electron chi connectivity index (χ2n) is 5.86. The van der Waals surface area contributed by atoms with E-state index in [2.05, 4.69) is 0 Å². The predicted octanol–water partition coefficient (Wildman–Crippen LogP) is 2.81. The van der Waals surface area contributed by atoms with Crippen molar-refractivity contribution in [2.24, 2.45) is 5.73 Å². The van der Waals surface area contributed by atoms with Crippen molar-refractivity contribution in [2.75, 3.05) is 0 Å². The Bertz CT molecular complexity index is 903. The van der Waals surface area contributed by atoms with Gasteiger partial charge < -0.3 is 5.73 Å². The fourth-order valence-corrected chi connectivity index (χ4v) is 5.35. The van der Waals surface area contributed by atoms with Crippen LogP contribution in [0, 0.1) is 18.3 Å². The standard InChI is InChI=1S/C17H15ClN2O2S/c1-11-5-7-14(8-6-11)23(21,22)16-15(17(16,20)10-19)12-3-2-4-13(18)9-12/h2-9,15-16H,20H2,1H3. The van der Waals surface area contributed by atoms with Gasteiger partial charge >= 0.3 is 0 Å². The van der Waals surface area contributed by atoms with Gasteiger partial charge in [-0.25, -0.2) is 8.42 Å². The Morgan fingerprint density at radius 1 is 1.22 bits per heavy atom. The summed E-state index contributed by atoms with van der Waals surface area (Å²) in [5.74, 6) is -0.586. The number of aryl methyl sites for hydroxylation is 1. The van der Waals surface area contributed by atoms with E-state index in [-0.39, 0.29) is 4.90 Å². The van der Waals surface area contributed by atoms with E-state index in [0.29, 0.717) is 10.6 Å². The number of nitrogens with zero attached hydrogens (tertiary/aromatic N) is 1. The van der Waals surface area contributed by atoms with Gasteiger partial charge in [0.1, 0.15) is 10.8 Å². The lowest BCUT2D eigenvalue weighted by Crippen LogP contribution is -2.29. The molecule has 3 rings (SSSR count). The van der Waals surface area contributed by atoms with Gasteiger partial charge in [-0.3, -0.25) is 0 Å². The summed E-state index contributed by atoms with van der Waals surface area (Å²) < 4.78 is 25.8. The summed E-state index contributed by atoms with van der Waals surface area (Å²) in [5.41, 5.74) is 6.28. The van der Waals surface area contributed by atoms with Gasteiger partial charge in [0.2, 0.25) is 0 Å². The van der Waals surface area contributed by atoms with Gasteiger partial charge in [-0.05, 0) is 36.8 Å². The van der Waals surface area contributed by atoms with Gasteiger partial charge in [0.25, 0.3) is 0 Å². The van der Waals surface area contributed by atoms with Gasteiger partial charge in [0.05, 0.1) is 11.0 Å². The van der Waals surface area contributed by atoms with E-state index >= 15 is 0 Å². The molecule has 3 unspecified atom stereocenters. The Labute approximate surface area is 140 Å². The average molecular weight is 347 g/mol. The van der Waals surface area contributed by atoms with E-state index in [0.717, 1.165) is 5.56 Å². The van der Waals surface area contributed by atoms with Crippen molar-refractivity contribution < 1.29 is 8.42 Å². The molecule has 1 aliphatic rings. The molecule has 1 fully saturated rings. The SMILES string of the molecule is Cc1ccc(S(=O)(=O)C2C(c3cccc(Cl)c3)C2(N)C#N)cc1. The van der Waals surface area contributed by atoms with Crippen LogP contribution in [0.4, 0.5) is 0 Å². The Morgan fingerprint density at radius 3 is 2.43 bits per heavy atom. The van der Waals surface area contributed by atoms with Crippen LogP contribution in [-0.2, 0) is 9.84 Å². The molecule has 6 heteroatoms.